The molecule has 0 aliphatic carbocycles. The molecule has 0 fully saturated rings. The van der Waals surface area contributed by atoms with Gasteiger partial charge in [-0.2, -0.15) is 0 Å². The lowest BCUT2D eigenvalue weighted by Gasteiger charge is -2.01. The molecule has 4 nitrogen and oxygen atoms in total. The van der Waals surface area contributed by atoms with Gasteiger partial charge in [-0.25, -0.2) is 5.26 Å². The van der Waals surface area contributed by atoms with E-state index < -0.39 is 0 Å². The van der Waals surface area contributed by atoms with Crippen LogP contribution in [0.15, 0.2) is 48.3 Å². The standard InChI is InChI=1S/C21H34O4/c1-3-4-14-17-20(25-23)18-15-12-10-8-6-5-7-9-11-13-16-19-21(22)24-2/h5-6,9-12,18,23H,3-4,7-8,13-17,19H2,1-2H3/b6-5-,11-9-,12-10-,20-18+. The Hall–Kier alpha value is -1.81. The minimum atomic E-state index is -0.145. The van der Waals surface area contributed by atoms with Gasteiger partial charge in [0.15, 0.2) is 0 Å². The zero-order chi connectivity index (χ0) is 18.6. The number of carbonyl (C=O) groups excluding carboxylic acids is 1. The molecule has 0 heterocycles. The fourth-order valence-electron chi connectivity index (χ4n) is 2.16. The van der Waals surface area contributed by atoms with E-state index in [1.54, 1.807) is 0 Å². The maximum absolute atomic E-state index is 10.9. The van der Waals surface area contributed by atoms with Crippen LogP contribution in [0, 0.1) is 0 Å². The minimum Gasteiger partial charge on any atom is -0.469 e. The lowest BCUT2D eigenvalue weighted by atomic mass is 10.1. The van der Waals surface area contributed by atoms with Crippen molar-refractivity contribution in [3.05, 3.63) is 48.3 Å². The highest BCUT2D eigenvalue weighted by Gasteiger charge is 1.97. The molecule has 142 valence electrons. The van der Waals surface area contributed by atoms with Crippen molar-refractivity contribution in [2.75, 3.05) is 7.11 Å². The summed E-state index contributed by atoms with van der Waals surface area (Å²) in [5.41, 5.74) is 0. The monoisotopic (exact) mass is 350 g/mol. The van der Waals surface area contributed by atoms with Crippen molar-refractivity contribution in [1.82, 2.24) is 0 Å². The Morgan fingerprint density at radius 3 is 2.12 bits per heavy atom. The highest BCUT2D eigenvalue weighted by molar-refractivity contribution is 5.69. The summed E-state index contributed by atoms with van der Waals surface area (Å²) >= 11 is 0. The molecule has 0 aliphatic rings. The van der Waals surface area contributed by atoms with Gasteiger partial charge < -0.3 is 9.62 Å². The first-order valence-corrected chi connectivity index (χ1v) is 9.26. The topological polar surface area (TPSA) is 55.8 Å². The molecule has 0 bridgehead atoms. The predicted molar refractivity (Wildman–Crippen MR) is 103 cm³/mol. The molecule has 0 spiro atoms. The summed E-state index contributed by atoms with van der Waals surface area (Å²) in [6, 6.07) is 0. The van der Waals surface area contributed by atoms with Gasteiger partial charge in [0.25, 0.3) is 0 Å². The van der Waals surface area contributed by atoms with E-state index in [4.69, 9.17) is 5.26 Å². The number of rotatable bonds is 15. The Morgan fingerprint density at radius 1 is 0.880 bits per heavy atom. The number of esters is 1. The van der Waals surface area contributed by atoms with Crippen LogP contribution in [-0.2, 0) is 14.4 Å². The maximum Gasteiger partial charge on any atom is 0.305 e. The molecule has 25 heavy (non-hydrogen) atoms. The van der Waals surface area contributed by atoms with Gasteiger partial charge in [-0.1, -0.05) is 56.2 Å². The maximum atomic E-state index is 10.9. The molecular formula is C21H34O4. The van der Waals surface area contributed by atoms with Crippen LogP contribution in [-0.4, -0.2) is 18.3 Å². The third-order valence-electron chi connectivity index (χ3n) is 3.65. The van der Waals surface area contributed by atoms with E-state index in [1.165, 1.54) is 7.11 Å². The summed E-state index contributed by atoms with van der Waals surface area (Å²) in [6.45, 7) is 2.15. The van der Waals surface area contributed by atoms with Crippen molar-refractivity contribution in [3.8, 4) is 0 Å². The van der Waals surface area contributed by atoms with E-state index in [-0.39, 0.29) is 5.97 Å². The second-order valence-electron chi connectivity index (χ2n) is 5.81. The molecule has 4 heteroatoms. The van der Waals surface area contributed by atoms with Crippen molar-refractivity contribution in [2.45, 2.75) is 71.1 Å². The van der Waals surface area contributed by atoms with Crippen LogP contribution in [0.4, 0.5) is 0 Å². The van der Waals surface area contributed by atoms with Gasteiger partial charge in [-0.15, -0.1) is 0 Å². The van der Waals surface area contributed by atoms with Crippen LogP contribution in [0.25, 0.3) is 0 Å². The number of methoxy groups -OCH3 is 1. The summed E-state index contributed by atoms with van der Waals surface area (Å²) in [6.07, 6.45) is 23.5. The molecular weight excluding hydrogens is 316 g/mol. The molecule has 0 atom stereocenters. The zero-order valence-corrected chi connectivity index (χ0v) is 15.8. The van der Waals surface area contributed by atoms with E-state index in [9.17, 15) is 4.79 Å². The van der Waals surface area contributed by atoms with Gasteiger partial charge in [0.2, 0.25) is 0 Å². The van der Waals surface area contributed by atoms with Crippen LogP contribution in [0.2, 0.25) is 0 Å². The third kappa shape index (κ3) is 16.8. The lowest BCUT2D eigenvalue weighted by Crippen LogP contribution is -1.98. The molecule has 0 aliphatic heterocycles. The Kier molecular flexibility index (Phi) is 17.2. The third-order valence-corrected chi connectivity index (χ3v) is 3.65. The number of hydrogen-bond donors (Lipinski definition) is 1. The van der Waals surface area contributed by atoms with Crippen molar-refractivity contribution in [3.63, 3.8) is 0 Å². The normalized spacial score (nSPS) is 12.5. The molecule has 0 unspecified atom stereocenters. The number of unbranched alkanes of at least 4 members (excludes halogenated alkanes) is 3. The van der Waals surface area contributed by atoms with Crippen molar-refractivity contribution in [2.24, 2.45) is 0 Å². The zero-order valence-electron chi connectivity index (χ0n) is 15.8. The van der Waals surface area contributed by atoms with E-state index in [0.717, 1.165) is 57.8 Å². The van der Waals surface area contributed by atoms with E-state index in [0.29, 0.717) is 12.2 Å². The summed E-state index contributed by atoms with van der Waals surface area (Å²) < 4.78 is 4.59. The summed E-state index contributed by atoms with van der Waals surface area (Å²) in [5.74, 6) is 0.513. The molecule has 0 radical (unpaired) electrons. The Balaban J connectivity index is 3.69. The Labute approximate surface area is 152 Å². The predicted octanol–water partition coefficient (Wildman–Crippen LogP) is 6.12. The van der Waals surface area contributed by atoms with E-state index >= 15 is 0 Å². The fraction of sp³-hybridized carbons (Fsp3) is 0.571. The first-order valence-electron chi connectivity index (χ1n) is 9.26. The largest absolute Gasteiger partial charge is 0.469 e. The first kappa shape index (κ1) is 23.2. The molecule has 0 aromatic carbocycles. The average molecular weight is 350 g/mol. The van der Waals surface area contributed by atoms with Crippen molar-refractivity contribution < 1.29 is 19.7 Å². The van der Waals surface area contributed by atoms with Crippen LogP contribution >= 0.6 is 0 Å². The molecule has 0 saturated carbocycles. The number of carbonyl (C=O) groups is 1. The lowest BCUT2D eigenvalue weighted by molar-refractivity contribution is -0.206. The highest BCUT2D eigenvalue weighted by atomic mass is 17.1. The van der Waals surface area contributed by atoms with Gasteiger partial charge >= 0.3 is 5.97 Å². The first-order chi connectivity index (χ1) is 12.2. The Morgan fingerprint density at radius 2 is 1.52 bits per heavy atom. The molecule has 1 N–H and O–H groups in total. The van der Waals surface area contributed by atoms with Crippen molar-refractivity contribution >= 4 is 5.97 Å². The molecule has 0 rings (SSSR count). The van der Waals surface area contributed by atoms with Crippen LogP contribution in [0.1, 0.15) is 71.1 Å². The van der Waals surface area contributed by atoms with Gasteiger partial charge in [0.05, 0.1) is 7.11 Å². The summed E-state index contributed by atoms with van der Waals surface area (Å²) in [5, 5.41) is 8.81. The smallest absolute Gasteiger partial charge is 0.305 e. The van der Waals surface area contributed by atoms with Crippen LogP contribution < -0.4 is 0 Å². The second kappa shape index (κ2) is 18.5. The van der Waals surface area contributed by atoms with Gasteiger partial charge in [0.1, 0.15) is 5.76 Å². The molecule has 0 aromatic rings. The fourth-order valence-corrected chi connectivity index (χ4v) is 2.16. The quantitative estimate of drug-likeness (QED) is 0.0965. The van der Waals surface area contributed by atoms with Gasteiger partial charge in [-0.3, -0.25) is 4.79 Å². The number of hydrogen-bond acceptors (Lipinski definition) is 4. The summed E-state index contributed by atoms with van der Waals surface area (Å²) in [7, 11) is 1.42. The average Bonchev–Trinajstić information content (AvgIpc) is 2.63. The van der Waals surface area contributed by atoms with E-state index in [1.807, 2.05) is 6.08 Å². The highest BCUT2D eigenvalue weighted by Crippen LogP contribution is 2.10. The van der Waals surface area contributed by atoms with Crippen LogP contribution in [0.3, 0.4) is 0 Å². The van der Waals surface area contributed by atoms with Crippen molar-refractivity contribution in [1.29, 1.82) is 0 Å². The molecule has 0 amide bonds. The summed E-state index contributed by atoms with van der Waals surface area (Å²) in [4.78, 5) is 15.3. The molecule has 0 aromatic heterocycles. The van der Waals surface area contributed by atoms with Crippen LogP contribution in [0.5, 0.6) is 0 Å². The SMILES string of the molecule is CCCCC/C(=C\C/C=C\C/C=C\C/C=C\CCCC(=O)OC)OO. The van der Waals surface area contributed by atoms with Gasteiger partial charge in [0, 0.05) is 12.8 Å². The number of ether oxygens (including phenoxy) is 1. The second-order valence-corrected chi connectivity index (χ2v) is 5.81. The Bertz CT molecular complexity index is 433. The number of allylic oxidation sites excluding steroid dienone is 8. The van der Waals surface area contributed by atoms with Gasteiger partial charge in [-0.05, 0) is 44.6 Å². The van der Waals surface area contributed by atoms with E-state index in [2.05, 4.69) is 53.0 Å². The minimum absolute atomic E-state index is 0.145. The molecule has 0 saturated heterocycles.